The Morgan fingerprint density at radius 1 is 1.29 bits per heavy atom. The lowest BCUT2D eigenvalue weighted by Crippen LogP contribution is -2.41. The molecule has 1 fully saturated rings. The minimum atomic E-state index is -0.932. The number of methoxy groups -OCH3 is 2. The van der Waals surface area contributed by atoms with Crippen LogP contribution < -0.4 is 9.47 Å². The van der Waals surface area contributed by atoms with Crippen molar-refractivity contribution in [3.8, 4) is 11.5 Å². The fourth-order valence-electron chi connectivity index (χ4n) is 2.76. The maximum Gasteiger partial charge on any atom is 0.325 e. The summed E-state index contributed by atoms with van der Waals surface area (Å²) in [7, 11) is 3.02. The van der Waals surface area contributed by atoms with E-state index in [-0.39, 0.29) is 6.10 Å². The van der Waals surface area contributed by atoms with Crippen LogP contribution >= 0.6 is 0 Å². The number of aliphatic hydroxyl groups excluding tert-OH is 1. The molecule has 2 N–H and O–H groups in total. The third-order valence-corrected chi connectivity index (χ3v) is 3.83. The smallest absolute Gasteiger partial charge is 0.325 e. The summed E-state index contributed by atoms with van der Waals surface area (Å²) in [6.45, 7) is 1.08. The number of aliphatic hydroxyl groups is 1. The van der Waals surface area contributed by atoms with Crippen LogP contribution in [0.25, 0.3) is 0 Å². The molecule has 1 aromatic rings. The van der Waals surface area contributed by atoms with Crippen molar-refractivity contribution in [1.82, 2.24) is 4.90 Å². The normalized spacial score (nSPS) is 18.2. The van der Waals surface area contributed by atoms with Crippen LogP contribution in [0.1, 0.15) is 24.4 Å². The average Bonchev–Trinajstić information content (AvgIpc) is 2.48. The number of nitrogens with zero attached hydrogens (tertiary/aromatic N) is 1. The summed E-state index contributed by atoms with van der Waals surface area (Å²) >= 11 is 0. The number of carboxylic acid groups (broad SMARTS) is 1. The lowest BCUT2D eigenvalue weighted by Gasteiger charge is -2.34. The zero-order valence-corrected chi connectivity index (χ0v) is 12.3. The number of likely N-dealkylation sites (tertiary alicyclic amines) is 1. The molecule has 1 atom stereocenters. The highest BCUT2D eigenvalue weighted by Gasteiger charge is 2.33. The zero-order chi connectivity index (χ0) is 15.4. The van der Waals surface area contributed by atoms with Crippen LogP contribution in [-0.2, 0) is 4.79 Å². The van der Waals surface area contributed by atoms with Crippen molar-refractivity contribution in [2.24, 2.45) is 0 Å². The highest BCUT2D eigenvalue weighted by atomic mass is 16.5. The highest BCUT2D eigenvalue weighted by Crippen LogP contribution is 2.37. The summed E-state index contributed by atoms with van der Waals surface area (Å²) in [5, 5.41) is 19.2. The van der Waals surface area contributed by atoms with Crippen LogP contribution in [0.5, 0.6) is 11.5 Å². The Bertz CT molecular complexity index is 497. The topological polar surface area (TPSA) is 79.2 Å². The molecular weight excluding hydrogens is 274 g/mol. The van der Waals surface area contributed by atoms with Gasteiger partial charge in [-0.15, -0.1) is 0 Å². The molecule has 0 aromatic heterocycles. The van der Waals surface area contributed by atoms with Crippen molar-refractivity contribution in [3.05, 3.63) is 23.8 Å². The summed E-state index contributed by atoms with van der Waals surface area (Å²) < 4.78 is 10.6. The van der Waals surface area contributed by atoms with E-state index < -0.39 is 12.0 Å². The summed E-state index contributed by atoms with van der Waals surface area (Å²) in [6.07, 6.45) is 0.814. The Hall–Kier alpha value is -1.79. The van der Waals surface area contributed by atoms with Gasteiger partial charge in [0.05, 0.1) is 20.3 Å². The van der Waals surface area contributed by atoms with Gasteiger partial charge in [-0.3, -0.25) is 9.69 Å². The van der Waals surface area contributed by atoms with Gasteiger partial charge in [-0.25, -0.2) is 0 Å². The number of benzene rings is 1. The van der Waals surface area contributed by atoms with Crippen LogP contribution in [0.3, 0.4) is 0 Å². The second-order valence-electron chi connectivity index (χ2n) is 5.09. The number of aliphatic carboxylic acids is 1. The van der Waals surface area contributed by atoms with Gasteiger partial charge in [-0.2, -0.15) is 0 Å². The molecule has 1 heterocycles. The Kier molecular flexibility index (Phi) is 5.03. The monoisotopic (exact) mass is 295 g/mol. The number of carboxylic acids is 1. The van der Waals surface area contributed by atoms with Gasteiger partial charge >= 0.3 is 5.97 Å². The fraction of sp³-hybridized carbons (Fsp3) is 0.533. The zero-order valence-electron chi connectivity index (χ0n) is 12.3. The molecule has 0 aliphatic carbocycles. The van der Waals surface area contributed by atoms with E-state index in [0.29, 0.717) is 43.0 Å². The quantitative estimate of drug-likeness (QED) is 0.852. The average molecular weight is 295 g/mol. The lowest BCUT2D eigenvalue weighted by molar-refractivity contribution is -0.144. The Morgan fingerprint density at radius 2 is 1.95 bits per heavy atom. The summed E-state index contributed by atoms with van der Waals surface area (Å²) in [4.78, 5) is 13.6. The molecule has 116 valence electrons. The Balaban J connectivity index is 2.37. The van der Waals surface area contributed by atoms with Crippen molar-refractivity contribution in [3.63, 3.8) is 0 Å². The maximum absolute atomic E-state index is 11.7. The molecule has 0 spiro atoms. The second kappa shape index (κ2) is 6.78. The van der Waals surface area contributed by atoms with Crippen LogP contribution in [0.2, 0.25) is 0 Å². The van der Waals surface area contributed by atoms with E-state index in [1.54, 1.807) is 18.2 Å². The number of para-hydroxylation sites is 1. The molecular formula is C15H21NO5. The van der Waals surface area contributed by atoms with E-state index in [4.69, 9.17) is 9.47 Å². The third-order valence-electron chi connectivity index (χ3n) is 3.83. The molecule has 0 radical (unpaired) electrons. The first-order valence-electron chi connectivity index (χ1n) is 6.94. The number of carbonyl (C=O) groups is 1. The molecule has 1 aromatic carbocycles. The van der Waals surface area contributed by atoms with E-state index in [1.165, 1.54) is 14.2 Å². The maximum atomic E-state index is 11.7. The van der Waals surface area contributed by atoms with Crippen molar-refractivity contribution in [1.29, 1.82) is 0 Å². The minimum Gasteiger partial charge on any atom is -0.493 e. The minimum absolute atomic E-state index is 0.345. The molecule has 2 rings (SSSR count). The molecule has 1 aliphatic heterocycles. The predicted octanol–water partition coefficient (Wildman–Crippen LogP) is 1.29. The van der Waals surface area contributed by atoms with E-state index in [2.05, 4.69) is 0 Å². The van der Waals surface area contributed by atoms with Gasteiger partial charge < -0.3 is 19.7 Å². The van der Waals surface area contributed by atoms with Gasteiger partial charge in [0, 0.05) is 18.7 Å². The Morgan fingerprint density at radius 3 is 2.48 bits per heavy atom. The van der Waals surface area contributed by atoms with Crippen LogP contribution in [0.4, 0.5) is 0 Å². The Labute approximate surface area is 123 Å². The largest absolute Gasteiger partial charge is 0.493 e. The molecule has 0 bridgehead atoms. The SMILES string of the molecule is COc1cccc(C(C(=O)O)N2CCC(O)CC2)c1OC. The van der Waals surface area contributed by atoms with Gasteiger partial charge in [-0.1, -0.05) is 12.1 Å². The number of rotatable bonds is 5. The van der Waals surface area contributed by atoms with E-state index in [0.717, 1.165) is 0 Å². The molecule has 1 aliphatic rings. The summed E-state index contributed by atoms with van der Waals surface area (Å²) in [6, 6.07) is 4.43. The van der Waals surface area contributed by atoms with E-state index in [1.807, 2.05) is 4.90 Å². The molecule has 6 heteroatoms. The van der Waals surface area contributed by atoms with Gasteiger partial charge in [0.2, 0.25) is 0 Å². The molecule has 21 heavy (non-hydrogen) atoms. The fourth-order valence-corrected chi connectivity index (χ4v) is 2.76. The van der Waals surface area contributed by atoms with Crippen LogP contribution in [0, 0.1) is 0 Å². The van der Waals surface area contributed by atoms with E-state index in [9.17, 15) is 15.0 Å². The lowest BCUT2D eigenvalue weighted by atomic mass is 9.99. The molecule has 6 nitrogen and oxygen atoms in total. The van der Waals surface area contributed by atoms with Gasteiger partial charge in [0.15, 0.2) is 11.5 Å². The van der Waals surface area contributed by atoms with Crippen molar-refractivity contribution in [2.45, 2.75) is 25.0 Å². The molecule has 0 saturated carbocycles. The van der Waals surface area contributed by atoms with Gasteiger partial charge in [-0.05, 0) is 18.9 Å². The number of ether oxygens (including phenoxy) is 2. The highest BCUT2D eigenvalue weighted by molar-refractivity contribution is 5.77. The van der Waals surface area contributed by atoms with E-state index >= 15 is 0 Å². The van der Waals surface area contributed by atoms with Gasteiger partial charge in [0.25, 0.3) is 0 Å². The first-order chi connectivity index (χ1) is 10.1. The number of hydrogen-bond donors (Lipinski definition) is 2. The number of hydrogen-bond acceptors (Lipinski definition) is 5. The van der Waals surface area contributed by atoms with Crippen molar-refractivity contribution in [2.75, 3.05) is 27.3 Å². The van der Waals surface area contributed by atoms with Crippen molar-refractivity contribution >= 4 is 5.97 Å². The first-order valence-corrected chi connectivity index (χ1v) is 6.94. The summed E-state index contributed by atoms with van der Waals surface area (Å²) in [5.41, 5.74) is 0.570. The standard InChI is InChI=1S/C15H21NO5/c1-20-12-5-3-4-11(14(12)21-2)13(15(18)19)16-8-6-10(17)7-9-16/h3-5,10,13,17H,6-9H2,1-2H3,(H,18,19). The van der Waals surface area contributed by atoms with Crippen LogP contribution in [-0.4, -0.2) is 54.5 Å². The predicted molar refractivity (Wildman–Crippen MR) is 76.7 cm³/mol. The van der Waals surface area contributed by atoms with Crippen molar-refractivity contribution < 1.29 is 24.5 Å². The molecule has 1 unspecified atom stereocenters. The second-order valence-corrected chi connectivity index (χ2v) is 5.09. The molecule has 0 amide bonds. The third kappa shape index (κ3) is 3.28. The molecule has 1 saturated heterocycles. The van der Waals surface area contributed by atoms with Crippen LogP contribution in [0.15, 0.2) is 18.2 Å². The summed E-state index contributed by atoms with van der Waals surface area (Å²) in [5.74, 6) is 0.0229. The van der Waals surface area contributed by atoms with Gasteiger partial charge in [0.1, 0.15) is 6.04 Å². The number of piperidine rings is 1. The first kappa shape index (κ1) is 15.6.